The van der Waals surface area contributed by atoms with E-state index < -0.39 is 0 Å². The number of halogens is 2. The Morgan fingerprint density at radius 1 is 1.25 bits per heavy atom. The summed E-state index contributed by atoms with van der Waals surface area (Å²) in [5.41, 5.74) is 2.36. The molecule has 3 aromatic rings. The summed E-state index contributed by atoms with van der Waals surface area (Å²) in [5.74, 6) is 1.75. The molecule has 0 bridgehead atoms. The van der Waals surface area contributed by atoms with Crippen LogP contribution in [0.5, 0.6) is 11.5 Å². The third-order valence-corrected chi connectivity index (χ3v) is 5.20. The van der Waals surface area contributed by atoms with Crippen LogP contribution in [-0.4, -0.2) is 23.3 Å². The van der Waals surface area contributed by atoms with Crippen LogP contribution >= 0.6 is 23.2 Å². The van der Waals surface area contributed by atoms with Crippen molar-refractivity contribution in [1.82, 2.24) is 9.55 Å². The summed E-state index contributed by atoms with van der Waals surface area (Å²) in [5, 5.41) is 1.59. The predicted molar refractivity (Wildman–Crippen MR) is 113 cm³/mol. The summed E-state index contributed by atoms with van der Waals surface area (Å²) >= 11 is 12.4. The molecular formula is C21H18Cl2N2O3. The van der Waals surface area contributed by atoms with Gasteiger partial charge in [-0.2, -0.15) is 0 Å². The Bertz CT molecular complexity index is 1170. The first-order valence-electron chi connectivity index (χ1n) is 8.93. The van der Waals surface area contributed by atoms with Crippen molar-refractivity contribution < 1.29 is 9.47 Å². The Hall–Kier alpha value is -2.50. The Kier molecular flexibility index (Phi) is 5.04. The molecular weight excluding hydrogens is 399 g/mol. The zero-order valence-corrected chi connectivity index (χ0v) is 17.0. The van der Waals surface area contributed by atoms with Gasteiger partial charge in [0, 0.05) is 11.6 Å². The first kappa shape index (κ1) is 18.8. The molecule has 5 nitrogen and oxygen atoms in total. The van der Waals surface area contributed by atoms with Gasteiger partial charge < -0.3 is 9.47 Å². The smallest absolute Gasteiger partial charge is 0.261 e. The molecule has 7 heteroatoms. The van der Waals surface area contributed by atoms with E-state index in [1.54, 1.807) is 29.9 Å². The largest absolute Gasteiger partial charge is 0.491 e. The Labute approximate surface area is 172 Å². The zero-order chi connectivity index (χ0) is 19.8. The molecule has 0 spiro atoms. The van der Waals surface area contributed by atoms with E-state index in [9.17, 15) is 4.79 Å². The van der Waals surface area contributed by atoms with E-state index in [-0.39, 0.29) is 5.56 Å². The van der Waals surface area contributed by atoms with Crippen LogP contribution in [0.4, 0.5) is 0 Å². The number of nitrogens with zero attached hydrogens (tertiary/aromatic N) is 2. The summed E-state index contributed by atoms with van der Waals surface area (Å²) < 4.78 is 12.7. The molecule has 2 heterocycles. The van der Waals surface area contributed by atoms with E-state index in [0.717, 1.165) is 11.1 Å². The maximum atomic E-state index is 12.8. The SMILES string of the molecule is CCOc1cc(/C=C2\CCn3c2nc2cc(Cl)ccc2c3=O)cc(Cl)c1OC. The topological polar surface area (TPSA) is 53.4 Å². The van der Waals surface area contributed by atoms with Crippen molar-refractivity contribution in [3.8, 4) is 11.5 Å². The summed E-state index contributed by atoms with van der Waals surface area (Å²) in [7, 11) is 1.56. The van der Waals surface area contributed by atoms with E-state index in [2.05, 4.69) is 0 Å². The van der Waals surface area contributed by atoms with E-state index in [1.165, 1.54) is 0 Å². The molecule has 1 aliphatic rings. The van der Waals surface area contributed by atoms with Crippen LogP contribution in [-0.2, 0) is 6.54 Å². The van der Waals surface area contributed by atoms with Crippen molar-refractivity contribution in [3.05, 3.63) is 62.1 Å². The van der Waals surface area contributed by atoms with Crippen LogP contribution in [0.3, 0.4) is 0 Å². The van der Waals surface area contributed by atoms with Gasteiger partial charge in [-0.1, -0.05) is 23.2 Å². The van der Waals surface area contributed by atoms with Crippen molar-refractivity contribution in [3.63, 3.8) is 0 Å². The van der Waals surface area contributed by atoms with Crippen molar-refractivity contribution in [2.45, 2.75) is 19.9 Å². The van der Waals surface area contributed by atoms with Gasteiger partial charge in [-0.15, -0.1) is 0 Å². The Morgan fingerprint density at radius 2 is 2.07 bits per heavy atom. The molecule has 0 radical (unpaired) electrons. The lowest BCUT2D eigenvalue weighted by Gasteiger charge is -2.12. The molecule has 1 aliphatic heterocycles. The molecule has 0 saturated carbocycles. The molecule has 144 valence electrons. The van der Waals surface area contributed by atoms with Crippen molar-refractivity contribution in [1.29, 1.82) is 0 Å². The molecule has 4 rings (SSSR count). The molecule has 0 aliphatic carbocycles. The number of fused-ring (bicyclic) bond motifs is 2. The fraction of sp³-hybridized carbons (Fsp3) is 0.238. The molecule has 1 aromatic heterocycles. The number of hydrogen-bond acceptors (Lipinski definition) is 4. The number of hydrogen-bond donors (Lipinski definition) is 0. The summed E-state index contributed by atoms with van der Waals surface area (Å²) in [4.78, 5) is 17.5. The lowest BCUT2D eigenvalue weighted by molar-refractivity contribution is 0.311. The molecule has 0 fully saturated rings. The highest BCUT2D eigenvalue weighted by Gasteiger charge is 2.21. The van der Waals surface area contributed by atoms with E-state index in [1.807, 2.05) is 25.1 Å². The minimum atomic E-state index is -0.0529. The Balaban J connectivity index is 1.84. The average molecular weight is 417 g/mol. The fourth-order valence-electron chi connectivity index (χ4n) is 3.46. The van der Waals surface area contributed by atoms with Crippen molar-refractivity contribution in [2.75, 3.05) is 13.7 Å². The van der Waals surface area contributed by atoms with Gasteiger partial charge in [-0.25, -0.2) is 4.98 Å². The van der Waals surface area contributed by atoms with Gasteiger partial charge >= 0.3 is 0 Å². The van der Waals surface area contributed by atoms with E-state index in [0.29, 0.717) is 57.8 Å². The first-order valence-corrected chi connectivity index (χ1v) is 9.68. The maximum absolute atomic E-state index is 12.8. The van der Waals surface area contributed by atoms with Crippen LogP contribution in [0.1, 0.15) is 24.7 Å². The third-order valence-electron chi connectivity index (χ3n) is 4.69. The Morgan fingerprint density at radius 3 is 2.82 bits per heavy atom. The van der Waals surface area contributed by atoms with Gasteiger partial charge in [0.2, 0.25) is 0 Å². The van der Waals surface area contributed by atoms with E-state index in [4.69, 9.17) is 37.7 Å². The highest BCUT2D eigenvalue weighted by molar-refractivity contribution is 6.32. The van der Waals surface area contributed by atoms with Crippen molar-refractivity contribution in [2.24, 2.45) is 0 Å². The first-order chi connectivity index (χ1) is 13.5. The van der Waals surface area contributed by atoms with Gasteiger partial charge in [-0.05, 0) is 60.9 Å². The van der Waals surface area contributed by atoms with Gasteiger partial charge in [0.1, 0.15) is 5.82 Å². The number of rotatable bonds is 4. The van der Waals surface area contributed by atoms with Crippen molar-refractivity contribution >= 4 is 45.8 Å². The molecule has 0 unspecified atom stereocenters. The summed E-state index contributed by atoms with van der Waals surface area (Å²) in [6, 6.07) is 8.83. The minimum absolute atomic E-state index is 0.0529. The van der Waals surface area contributed by atoms with Gasteiger partial charge in [-0.3, -0.25) is 9.36 Å². The molecule has 2 aromatic carbocycles. The number of benzene rings is 2. The summed E-state index contributed by atoms with van der Waals surface area (Å²) in [6.45, 7) is 2.99. The second kappa shape index (κ2) is 7.49. The number of methoxy groups -OCH3 is 1. The lowest BCUT2D eigenvalue weighted by atomic mass is 10.1. The minimum Gasteiger partial charge on any atom is -0.491 e. The molecule has 0 amide bonds. The number of aromatic nitrogens is 2. The third kappa shape index (κ3) is 3.25. The number of allylic oxidation sites excluding steroid dienone is 1. The van der Waals surface area contributed by atoms with Crippen LogP contribution in [0.2, 0.25) is 10.0 Å². The average Bonchev–Trinajstić information content (AvgIpc) is 3.05. The standard InChI is InChI=1S/C21H18Cl2N2O3/c1-3-28-18-10-12(9-16(23)19(18)27-2)8-13-6-7-25-20(13)24-17-11-14(22)4-5-15(17)21(25)26/h4-5,8-11H,3,6-7H2,1-2H3/b13-8+. The number of ether oxygens (including phenoxy) is 2. The quantitative estimate of drug-likeness (QED) is 0.596. The molecule has 28 heavy (non-hydrogen) atoms. The predicted octanol–water partition coefficient (Wildman–Crippen LogP) is 5.05. The molecule has 0 N–H and O–H groups in total. The van der Waals surface area contributed by atoms with Crippen LogP contribution in [0.15, 0.2) is 35.1 Å². The molecule has 0 saturated heterocycles. The van der Waals surface area contributed by atoms with Crippen LogP contribution in [0.25, 0.3) is 22.6 Å². The second-order valence-corrected chi connectivity index (χ2v) is 7.28. The van der Waals surface area contributed by atoms with Gasteiger partial charge in [0.25, 0.3) is 5.56 Å². The van der Waals surface area contributed by atoms with Crippen LogP contribution in [0, 0.1) is 0 Å². The van der Waals surface area contributed by atoms with Gasteiger partial charge in [0.05, 0.1) is 29.6 Å². The van der Waals surface area contributed by atoms with Crippen LogP contribution < -0.4 is 15.0 Å². The monoisotopic (exact) mass is 416 g/mol. The van der Waals surface area contributed by atoms with E-state index >= 15 is 0 Å². The lowest BCUT2D eigenvalue weighted by Crippen LogP contribution is -2.20. The molecule has 0 atom stereocenters. The normalized spacial score (nSPS) is 14.5. The zero-order valence-electron chi connectivity index (χ0n) is 15.5. The second-order valence-electron chi connectivity index (χ2n) is 6.44. The van der Waals surface area contributed by atoms with Gasteiger partial charge in [0.15, 0.2) is 11.5 Å². The summed E-state index contributed by atoms with van der Waals surface area (Å²) in [6.07, 6.45) is 2.69. The highest BCUT2D eigenvalue weighted by atomic mass is 35.5. The highest BCUT2D eigenvalue weighted by Crippen LogP contribution is 2.38. The maximum Gasteiger partial charge on any atom is 0.261 e. The fourth-order valence-corrected chi connectivity index (χ4v) is 3.92.